The van der Waals surface area contributed by atoms with Gasteiger partial charge in [-0.2, -0.15) is 0 Å². The van der Waals surface area contributed by atoms with Gasteiger partial charge >= 0.3 is 0 Å². The molecule has 0 radical (unpaired) electrons. The second-order valence-electron chi connectivity index (χ2n) is 5.86. The standard InChI is InChI=1S/C14H32N2O/c1-11(2)9-16(13(5)6)14(10-17-7)8-15-12(3)4/h11-15H,8-10H2,1-7H3. The number of methoxy groups -OCH3 is 1. The van der Waals surface area contributed by atoms with Gasteiger partial charge < -0.3 is 10.1 Å². The van der Waals surface area contributed by atoms with Crippen LogP contribution >= 0.6 is 0 Å². The van der Waals surface area contributed by atoms with Crippen LogP contribution < -0.4 is 5.32 Å². The number of ether oxygens (including phenoxy) is 1. The maximum absolute atomic E-state index is 5.37. The lowest BCUT2D eigenvalue weighted by molar-refractivity contribution is 0.0602. The summed E-state index contributed by atoms with van der Waals surface area (Å²) in [5.41, 5.74) is 0. The number of nitrogens with one attached hydrogen (secondary N) is 1. The first kappa shape index (κ1) is 16.9. The molecule has 104 valence electrons. The second-order valence-corrected chi connectivity index (χ2v) is 5.86. The van der Waals surface area contributed by atoms with E-state index in [-0.39, 0.29) is 0 Å². The van der Waals surface area contributed by atoms with Crippen molar-refractivity contribution in [1.29, 1.82) is 0 Å². The molecule has 3 heteroatoms. The summed E-state index contributed by atoms with van der Waals surface area (Å²) in [5.74, 6) is 0.691. The Labute approximate surface area is 108 Å². The summed E-state index contributed by atoms with van der Waals surface area (Å²) in [6.45, 7) is 16.4. The van der Waals surface area contributed by atoms with Gasteiger partial charge in [0.25, 0.3) is 0 Å². The Bertz CT molecular complexity index is 181. The Balaban J connectivity index is 4.46. The van der Waals surface area contributed by atoms with Gasteiger partial charge in [-0.05, 0) is 19.8 Å². The molecule has 0 aromatic heterocycles. The second kappa shape index (κ2) is 8.90. The zero-order valence-electron chi connectivity index (χ0n) is 12.8. The van der Waals surface area contributed by atoms with Crippen LogP contribution in [-0.4, -0.2) is 49.8 Å². The molecule has 0 amide bonds. The summed E-state index contributed by atoms with van der Waals surface area (Å²) >= 11 is 0. The molecule has 0 aliphatic carbocycles. The fraction of sp³-hybridized carbons (Fsp3) is 1.00. The molecule has 1 unspecified atom stereocenters. The van der Waals surface area contributed by atoms with E-state index in [1.54, 1.807) is 7.11 Å². The van der Waals surface area contributed by atoms with Gasteiger partial charge in [0.2, 0.25) is 0 Å². The van der Waals surface area contributed by atoms with Gasteiger partial charge in [-0.25, -0.2) is 0 Å². The Hall–Kier alpha value is -0.120. The first-order chi connectivity index (χ1) is 7.88. The lowest BCUT2D eigenvalue weighted by Crippen LogP contribution is -2.50. The predicted molar refractivity (Wildman–Crippen MR) is 75.5 cm³/mol. The maximum atomic E-state index is 5.37. The van der Waals surface area contributed by atoms with Crippen LogP contribution in [0.1, 0.15) is 41.5 Å². The van der Waals surface area contributed by atoms with Gasteiger partial charge in [0.05, 0.1) is 6.61 Å². The topological polar surface area (TPSA) is 24.5 Å². The highest BCUT2D eigenvalue weighted by Crippen LogP contribution is 2.10. The zero-order valence-corrected chi connectivity index (χ0v) is 12.8. The summed E-state index contributed by atoms with van der Waals surface area (Å²) in [6, 6.07) is 1.55. The number of hydrogen-bond donors (Lipinski definition) is 1. The SMILES string of the molecule is COCC(CNC(C)C)N(CC(C)C)C(C)C. The molecule has 0 rings (SSSR count). The molecule has 0 heterocycles. The average molecular weight is 244 g/mol. The third-order valence-electron chi connectivity index (χ3n) is 2.83. The van der Waals surface area contributed by atoms with E-state index in [0.717, 1.165) is 19.7 Å². The maximum Gasteiger partial charge on any atom is 0.0630 e. The lowest BCUT2D eigenvalue weighted by atomic mass is 10.1. The molecule has 0 saturated carbocycles. The highest BCUT2D eigenvalue weighted by atomic mass is 16.5. The van der Waals surface area contributed by atoms with E-state index in [0.29, 0.717) is 24.0 Å². The molecular weight excluding hydrogens is 212 g/mol. The monoisotopic (exact) mass is 244 g/mol. The van der Waals surface area contributed by atoms with Crippen LogP contribution in [0.5, 0.6) is 0 Å². The Morgan fingerprint density at radius 3 is 2.00 bits per heavy atom. The molecule has 0 spiro atoms. The van der Waals surface area contributed by atoms with Gasteiger partial charge in [0.1, 0.15) is 0 Å². The van der Waals surface area contributed by atoms with Gasteiger partial charge in [0, 0.05) is 38.3 Å². The van der Waals surface area contributed by atoms with Gasteiger partial charge in [-0.3, -0.25) is 4.90 Å². The third kappa shape index (κ3) is 7.74. The predicted octanol–water partition coefficient (Wildman–Crippen LogP) is 2.37. The van der Waals surface area contributed by atoms with Gasteiger partial charge in [-0.15, -0.1) is 0 Å². The van der Waals surface area contributed by atoms with E-state index >= 15 is 0 Å². The fourth-order valence-corrected chi connectivity index (χ4v) is 2.04. The molecule has 3 nitrogen and oxygen atoms in total. The van der Waals surface area contributed by atoms with Crippen molar-refractivity contribution in [1.82, 2.24) is 10.2 Å². The Morgan fingerprint density at radius 2 is 1.65 bits per heavy atom. The van der Waals surface area contributed by atoms with Crippen LogP contribution in [0, 0.1) is 5.92 Å². The Morgan fingerprint density at radius 1 is 1.06 bits per heavy atom. The molecule has 1 N–H and O–H groups in total. The summed E-state index contributed by atoms with van der Waals surface area (Å²) in [5, 5.41) is 3.52. The van der Waals surface area contributed by atoms with Gasteiger partial charge in [-0.1, -0.05) is 27.7 Å². The van der Waals surface area contributed by atoms with Gasteiger partial charge in [0.15, 0.2) is 0 Å². The van der Waals surface area contributed by atoms with Crippen LogP contribution in [0.15, 0.2) is 0 Å². The fourth-order valence-electron chi connectivity index (χ4n) is 2.04. The van der Waals surface area contributed by atoms with Crippen molar-refractivity contribution in [2.45, 2.75) is 59.7 Å². The van der Waals surface area contributed by atoms with Crippen LogP contribution in [0.2, 0.25) is 0 Å². The van der Waals surface area contributed by atoms with Crippen molar-refractivity contribution < 1.29 is 4.74 Å². The summed E-state index contributed by atoms with van der Waals surface area (Å²) in [6.07, 6.45) is 0. The number of hydrogen-bond acceptors (Lipinski definition) is 3. The molecule has 0 aliphatic heterocycles. The van der Waals surface area contributed by atoms with Crippen molar-refractivity contribution in [3.63, 3.8) is 0 Å². The van der Waals surface area contributed by atoms with Crippen molar-refractivity contribution in [2.75, 3.05) is 26.8 Å². The minimum Gasteiger partial charge on any atom is -0.383 e. The molecule has 0 aromatic carbocycles. The van der Waals surface area contributed by atoms with Crippen molar-refractivity contribution in [3.05, 3.63) is 0 Å². The first-order valence-electron chi connectivity index (χ1n) is 6.86. The van der Waals surface area contributed by atoms with E-state index in [4.69, 9.17) is 4.74 Å². The number of rotatable bonds is 9. The van der Waals surface area contributed by atoms with Crippen molar-refractivity contribution in [2.24, 2.45) is 5.92 Å². The molecule has 0 aromatic rings. The van der Waals surface area contributed by atoms with E-state index in [9.17, 15) is 0 Å². The summed E-state index contributed by atoms with van der Waals surface area (Å²) in [7, 11) is 1.79. The van der Waals surface area contributed by atoms with Crippen LogP contribution in [0.25, 0.3) is 0 Å². The molecule has 1 atom stereocenters. The van der Waals surface area contributed by atoms with E-state index in [1.165, 1.54) is 0 Å². The van der Waals surface area contributed by atoms with Crippen LogP contribution in [0.4, 0.5) is 0 Å². The molecule has 0 aliphatic rings. The average Bonchev–Trinajstić information content (AvgIpc) is 2.20. The smallest absolute Gasteiger partial charge is 0.0630 e. The molecule has 0 fully saturated rings. The minimum absolute atomic E-state index is 0.463. The highest BCUT2D eigenvalue weighted by molar-refractivity contribution is 4.78. The molecular formula is C14H32N2O. The quantitative estimate of drug-likeness (QED) is 0.674. The minimum atomic E-state index is 0.463. The van der Waals surface area contributed by atoms with Crippen LogP contribution in [0.3, 0.4) is 0 Å². The van der Waals surface area contributed by atoms with E-state index < -0.39 is 0 Å². The molecule has 17 heavy (non-hydrogen) atoms. The largest absolute Gasteiger partial charge is 0.383 e. The van der Waals surface area contributed by atoms with E-state index in [1.807, 2.05) is 0 Å². The lowest BCUT2D eigenvalue weighted by Gasteiger charge is -2.36. The normalized spacial score (nSPS) is 14.3. The van der Waals surface area contributed by atoms with Crippen molar-refractivity contribution in [3.8, 4) is 0 Å². The molecule has 0 saturated heterocycles. The summed E-state index contributed by atoms with van der Waals surface area (Å²) < 4.78 is 5.37. The zero-order chi connectivity index (χ0) is 13.4. The van der Waals surface area contributed by atoms with Crippen LogP contribution in [-0.2, 0) is 4.74 Å². The van der Waals surface area contributed by atoms with E-state index in [2.05, 4.69) is 51.8 Å². The number of nitrogens with zero attached hydrogens (tertiary/aromatic N) is 1. The van der Waals surface area contributed by atoms with Crippen molar-refractivity contribution >= 4 is 0 Å². The molecule has 0 bridgehead atoms. The highest BCUT2D eigenvalue weighted by Gasteiger charge is 2.21. The first-order valence-corrected chi connectivity index (χ1v) is 6.86. The summed E-state index contributed by atoms with van der Waals surface area (Å²) in [4.78, 5) is 2.55. The Kier molecular flexibility index (Phi) is 8.83. The third-order valence-corrected chi connectivity index (χ3v) is 2.83.